The number of aryl methyl sites for hydroxylation is 1. The van der Waals surface area contributed by atoms with E-state index in [1.807, 2.05) is 29.5 Å². The van der Waals surface area contributed by atoms with E-state index >= 15 is 0 Å². The highest BCUT2D eigenvalue weighted by atomic mass is 35.5. The Bertz CT molecular complexity index is 777. The zero-order valence-electron chi connectivity index (χ0n) is 16.5. The van der Waals surface area contributed by atoms with Gasteiger partial charge in [-0.15, -0.1) is 24.8 Å². The van der Waals surface area contributed by atoms with Gasteiger partial charge in [0.25, 0.3) is 5.91 Å². The normalized spacial score (nSPS) is 19.1. The zero-order chi connectivity index (χ0) is 18.1. The van der Waals surface area contributed by atoms with Crippen molar-refractivity contribution in [1.82, 2.24) is 19.7 Å². The molecule has 6 nitrogen and oxygen atoms in total. The summed E-state index contributed by atoms with van der Waals surface area (Å²) in [5, 5.41) is 5.35. The molecule has 0 radical (unpaired) electrons. The second kappa shape index (κ2) is 9.71. The van der Waals surface area contributed by atoms with E-state index < -0.39 is 0 Å². The van der Waals surface area contributed by atoms with E-state index in [1.165, 1.54) is 0 Å². The van der Waals surface area contributed by atoms with E-state index in [1.54, 1.807) is 6.20 Å². The largest absolute Gasteiger partial charge is 0.334 e. The van der Waals surface area contributed by atoms with E-state index in [0.29, 0.717) is 5.56 Å². The van der Waals surface area contributed by atoms with Crippen molar-refractivity contribution in [2.75, 3.05) is 6.54 Å². The van der Waals surface area contributed by atoms with Crippen LogP contribution in [0.25, 0.3) is 11.0 Å². The molecule has 1 amide bonds. The Kier molecular flexibility index (Phi) is 8.51. The Labute approximate surface area is 173 Å². The molecule has 1 saturated heterocycles. The number of rotatable bonds is 4. The quantitative estimate of drug-likeness (QED) is 0.820. The molecule has 8 heteroatoms. The predicted octanol–water partition coefficient (Wildman–Crippen LogP) is 3.90. The summed E-state index contributed by atoms with van der Waals surface area (Å²) in [5.74, 6) is 0.0567. The van der Waals surface area contributed by atoms with Gasteiger partial charge in [0.2, 0.25) is 0 Å². The Morgan fingerprint density at radius 1 is 1.33 bits per heavy atom. The second-order valence-electron chi connectivity index (χ2n) is 7.32. The number of piperidine rings is 1. The SMILES string of the molecule is CCC(C)n1ncc2c(C(=O)N3CCCCC3C(C)N)cc(C)nc21.Cl.Cl. The number of halogens is 2. The number of hydrogen-bond acceptors (Lipinski definition) is 4. The molecular weight excluding hydrogens is 385 g/mol. The van der Waals surface area contributed by atoms with Gasteiger partial charge in [-0.05, 0) is 52.5 Å². The molecule has 0 saturated carbocycles. The van der Waals surface area contributed by atoms with Crippen LogP contribution in [0, 0.1) is 6.92 Å². The van der Waals surface area contributed by atoms with Gasteiger partial charge >= 0.3 is 0 Å². The molecular formula is C19H31Cl2N5O. The minimum Gasteiger partial charge on any atom is -0.334 e. The molecule has 3 rings (SSSR count). The van der Waals surface area contributed by atoms with Crippen LogP contribution in [-0.4, -0.2) is 44.2 Å². The van der Waals surface area contributed by atoms with Crippen LogP contribution in [0.5, 0.6) is 0 Å². The number of nitrogens with two attached hydrogens (primary N) is 1. The predicted molar refractivity (Wildman–Crippen MR) is 114 cm³/mol. The number of hydrogen-bond donors (Lipinski definition) is 1. The van der Waals surface area contributed by atoms with Crippen molar-refractivity contribution in [3.63, 3.8) is 0 Å². The van der Waals surface area contributed by atoms with Crippen molar-refractivity contribution < 1.29 is 4.79 Å². The third kappa shape index (κ3) is 4.55. The first-order valence-corrected chi connectivity index (χ1v) is 9.35. The lowest BCUT2D eigenvalue weighted by Crippen LogP contribution is -2.51. The molecule has 27 heavy (non-hydrogen) atoms. The summed E-state index contributed by atoms with van der Waals surface area (Å²) >= 11 is 0. The van der Waals surface area contributed by atoms with Crippen LogP contribution in [0.4, 0.5) is 0 Å². The van der Waals surface area contributed by atoms with Crippen molar-refractivity contribution in [3.05, 3.63) is 23.5 Å². The lowest BCUT2D eigenvalue weighted by atomic mass is 9.95. The van der Waals surface area contributed by atoms with Crippen molar-refractivity contribution >= 4 is 41.8 Å². The first kappa shape index (κ1) is 23.7. The highest BCUT2D eigenvalue weighted by Crippen LogP contribution is 2.27. The second-order valence-corrected chi connectivity index (χ2v) is 7.32. The maximum atomic E-state index is 13.3. The van der Waals surface area contributed by atoms with E-state index in [9.17, 15) is 4.79 Å². The number of carbonyl (C=O) groups excluding carboxylic acids is 1. The summed E-state index contributed by atoms with van der Waals surface area (Å²) in [6.45, 7) is 8.94. The molecule has 0 spiro atoms. The average Bonchev–Trinajstić information content (AvgIpc) is 3.03. The van der Waals surface area contributed by atoms with Crippen molar-refractivity contribution in [1.29, 1.82) is 0 Å². The maximum absolute atomic E-state index is 13.3. The highest BCUT2D eigenvalue weighted by molar-refractivity contribution is 6.05. The molecule has 3 unspecified atom stereocenters. The van der Waals surface area contributed by atoms with E-state index in [2.05, 4.69) is 23.9 Å². The van der Waals surface area contributed by atoms with Gasteiger partial charge in [-0.3, -0.25) is 4.79 Å². The Morgan fingerprint density at radius 3 is 2.67 bits per heavy atom. The van der Waals surface area contributed by atoms with Crippen LogP contribution in [0.3, 0.4) is 0 Å². The van der Waals surface area contributed by atoms with E-state index in [-0.39, 0.29) is 48.8 Å². The number of aromatic nitrogens is 3. The van der Waals surface area contributed by atoms with Gasteiger partial charge in [0.05, 0.1) is 23.2 Å². The lowest BCUT2D eigenvalue weighted by Gasteiger charge is -2.38. The molecule has 1 aliphatic heterocycles. The Hall–Kier alpha value is -1.37. The molecule has 152 valence electrons. The highest BCUT2D eigenvalue weighted by Gasteiger charge is 2.31. The lowest BCUT2D eigenvalue weighted by molar-refractivity contribution is 0.0585. The molecule has 3 atom stereocenters. The van der Waals surface area contributed by atoms with Gasteiger partial charge in [0.15, 0.2) is 5.65 Å². The summed E-state index contributed by atoms with van der Waals surface area (Å²) in [6.07, 6.45) is 5.89. The molecule has 0 aliphatic carbocycles. The third-order valence-electron chi connectivity index (χ3n) is 5.35. The standard InChI is InChI=1S/C19H29N5O.2ClH/c1-5-13(3)24-18-16(11-21-24)15(10-12(2)22-18)19(25)23-9-7-6-8-17(23)14(4)20;;/h10-11,13-14,17H,5-9,20H2,1-4H3;2*1H. The Balaban J connectivity index is 0.00000182. The Morgan fingerprint density at radius 2 is 2.04 bits per heavy atom. The molecule has 1 fully saturated rings. The topological polar surface area (TPSA) is 77.0 Å². The summed E-state index contributed by atoms with van der Waals surface area (Å²) in [6, 6.07) is 2.22. The van der Waals surface area contributed by atoms with Crippen LogP contribution in [-0.2, 0) is 0 Å². The number of carbonyl (C=O) groups is 1. The van der Waals surface area contributed by atoms with Crippen LogP contribution in [0.1, 0.15) is 68.5 Å². The summed E-state index contributed by atoms with van der Waals surface area (Å²) in [7, 11) is 0. The molecule has 2 aromatic rings. The molecule has 2 N–H and O–H groups in total. The van der Waals surface area contributed by atoms with Gasteiger partial charge in [-0.25, -0.2) is 9.67 Å². The molecule has 0 bridgehead atoms. The number of pyridine rings is 1. The zero-order valence-corrected chi connectivity index (χ0v) is 18.1. The van der Waals surface area contributed by atoms with E-state index in [0.717, 1.165) is 49.0 Å². The van der Waals surface area contributed by atoms with Gasteiger partial charge < -0.3 is 10.6 Å². The average molecular weight is 416 g/mol. The molecule has 3 heterocycles. The van der Waals surface area contributed by atoms with Gasteiger partial charge in [0, 0.05) is 24.3 Å². The van der Waals surface area contributed by atoms with Gasteiger partial charge in [-0.1, -0.05) is 6.92 Å². The van der Waals surface area contributed by atoms with Crippen LogP contribution in [0.15, 0.2) is 12.3 Å². The van der Waals surface area contributed by atoms with Gasteiger partial charge in [0.1, 0.15) is 0 Å². The fourth-order valence-electron chi connectivity index (χ4n) is 3.73. The smallest absolute Gasteiger partial charge is 0.255 e. The number of amides is 1. The van der Waals surface area contributed by atoms with Crippen LogP contribution in [0.2, 0.25) is 0 Å². The van der Waals surface area contributed by atoms with Crippen molar-refractivity contribution in [2.45, 2.75) is 71.5 Å². The van der Waals surface area contributed by atoms with Crippen molar-refractivity contribution in [3.8, 4) is 0 Å². The molecule has 1 aliphatic rings. The fourth-order valence-corrected chi connectivity index (χ4v) is 3.73. The minimum atomic E-state index is -0.0227. The maximum Gasteiger partial charge on any atom is 0.255 e. The van der Waals surface area contributed by atoms with Crippen LogP contribution >= 0.6 is 24.8 Å². The first-order valence-electron chi connectivity index (χ1n) is 9.35. The number of fused-ring (bicyclic) bond motifs is 1. The number of likely N-dealkylation sites (tertiary alicyclic amines) is 1. The minimum absolute atomic E-state index is 0. The summed E-state index contributed by atoms with van der Waals surface area (Å²) in [5.41, 5.74) is 8.49. The summed E-state index contributed by atoms with van der Waals surface area (Å²) < 4.78 is 1.93. The molecule has 2 aromatic heterocycles. The summed E-state index contributed by atoms with van der Waals surface area (Å²) in [4.78, 5) is 19.9. The van der Waals surface area contributed by atoms with E-state index in [4.69, 9.17) is 5.73 Å². The first-order chi connectivity index (χ1) is 11.9. The number of nitrogens with zero attached hydrogens (tertiary/aromatic N) is 4. The third-order valence-corrected chi connectivity index (χ3v) is 5.35. The van der Waals surface area contributed by atoms with Crippen molar-refractivity contribution in [2.24, 2.45) is 5.73 Å². The fraction of sp³-hybridized carbons (Fsp3) is 0.632. The monoisotopic (exact) mass is 415 g/mol. The molecule has 0 aromatic carbocycles. The van der Waals surface area contributed by atoms with Crippen LogP contribution < -0.4 is 5.73 Å². The van der Waals surface area contributed by atoms with Gasteiger partial charge in [-0.2, -0.15) is 5.10 Å².